The molecule has 250 valence electrons. The van der Waals surface area contributed by atoms with E-state index in [0.29, 0.717) is 31.0 Å². The number of fused-ring (bicyclic) bond motifs is 1. The van der Waals surface area contributed by atoms with Crippen LogP contribution in [-0.2, 0) is 24.5 Å². The van der Waals surface area contributed by atoms with Crippen LogP contribution in [0.1, 0.15) is 32.7 Å². The molecule has 5 rings (SSSR count). The van der Waals surface area contributed by atoms with Crippen molar-refractivity contribution in [3.05, 3.63) is 131 Å². The van der Waals surface area contributed by atoms with Crippen LogP contribution in [0.4, 0.5) is 18.9 Å². The molecule has 0 fully saturated rings. The highest BCUT2D eigenvalue weighted by Gasteiger charge is 2.28. The zero-order chi connectivity index (χ0) is 35.1. The predicted octanol–water partition coefficient (Wildman–Crippen LogP) is 4.98. The normalized spacial score (nSPS) is 11.4. The number of nitrogens with two attached hydrogens (primary N) is 1. The largest absolute Gasteiger partial charge is 0.542 e. The predicted molar refractivity (Wildman–Crippen MR) is 178 cm³/mol. The van der Waals surface area contributed by atoms with Crippen LogP contribution in [-0.4, -0.2) is 49.6 Å². The van der Waals surface area contributed by atoms with E-state index in [9.17, 15) is 18.0 Å². The fourth-order valence-corrected chi connectivity index (χ4v) is 4.79. The van der Waals surface area contributed by atoms with Crippen molar-refractivity contribution in [1.29, 1.82) is 5.41 Å². The summed E-state index contributed by atoms with van der Waals surface area (Å²) in [6, 6.07) is 33.7. The molecule has 1 aromatic heterocycles. The van der Waals surface area contributed by atoms with E-state index in [1.54, 1.807) is 0 Å². The van der Waals surface area contributed by atoms with Crippen molar-refractivity contribution in [2.75, 3.05) is 21.1 Å². The summed E-state index contributed by atoms with van der Waals surface area (Å²) in [5, 5.41) is 20.6. The molecule has 0 aliphatic heterocycles. The topological polar surface area (TPSA) is 133 Å². The van der Waals surface area contributed by atoms with Crippen LogP contribution >= 0.6 is 0 Å². The van der Waals surface area contributed by atoms with E-state index >= 15 is 0 Å². The van der Waals surface area contributed by atoms with Crippen LogP contribution in [0.15, 0.2) is 103 Å². The highest BCUT2D eigenvalue weighted by molar-refractivity contribution is 5.99. The fraction of sp³-hybridized carbons (Fsp3) is 0.194. The molecule has 0 unspecified atom stereocenters. The SMILES string of the molecule is C[N+](C)(C)c1ccc(CNC(=O)c2cc3cc(OCc4ccccc4)ccc3n2Cc2cccc(C(=N)N)c2)cc1.O=C([O-])C(F)(F)F. The second-order valence-corrected chi connectivity index (χ2v) is 11.9. The number of benzene rings is 4. The van der Waals surface area contributed by atoms with Gasteiger partial charge in [-0.1, -0.05) is 60.7 Å². The van der Waals surface area contributed by atoms with Crippen molar-refractivity contribution in [3.8, 4) is 5.75 Å². The van der Waals surface area contributed by atoms with Crippen LogP contribution in [0.2, 0.25) is 0 Å². The van der Waals surface area contributed by atoms with Crippen LogP contribution in [0, 0.1) is 5.41 Å². The Morgan fingerprint density at radius 1 is 0.875 bits per heavy atom. The van der Waals surface area contributed by atoms with Gasteiger partial charge in [0.05, 0.1) is 21.1 Å². The van der Waals surface area contributed by atoms with Crippen molar-refractivity contribution in [2.24, 2.45) is 5.73 Å². The number of hydrogen-bond acceptors (Lipinski definition) is 5. The van der Waals surface area contributed by atoms with Crippen LogP contribution in [0.5, 0.6) is 5.75 Å². The van der Waals surface area contributed by atoms with Crippen molar-refractivity contribution in [3.63, 3.8) is 0 Å². The zero-order valence-electron chi connectivity index (χ0n) is 26.7. The molecule has 12 heteroatoms. The standard InChI is InChI=1S/C34H35N5O2.C2HF3O2/c1-39(2,3)29-14-12-24(13-15-29)21-37-34(40)32-20-28-19-30(41-23-25-8-5-4-6-9-25)16-17-31(28)38(32)22-26-10-7-11-27(18-26)33(35)36;3-2(4,5)1(6)7/h4-20H,21-23H2,1-3H3,(H3-,35,36,37,40);(H,6,7). The number of carbonyl (C=O) groups excluding carboxylic acids is 2. The van der Waals surface area contributed by atoms with Crippen molar-refractivity contribution >= 4 is 34.3 Å². The summed E-state index contributed by atoms with van der Waals surface area (Å²) in [5.41, 5.74) is 12.1. The van der Waals surface area contributed by atoms with Gasteiger partial charge in [-0.2, -0.15) is 13.2 Å². The number of amidine groups is 1. The van der Waals surface area contributed by atoms with Gasteiger partial charge in [-0.15, -0.1) is 0 Å². The quantitative estimate of drug-likeness (QED) is 0.111. The van der Waals surface area contributed by atoms with E-state index in [4.69, 9.17) is 25.8 Å². The zero-order valence-corrected chi connectivity index (χ0v) is 26.7. The number of nitrogens with zero attached hydrogens (tertiary/aromatic N) is 2. The molecule has 4 N–H and O–H groups in total. The van der Waals surface area contributed by atoms with Crippen LogP contribution in [0.3, 0.4) is 0 Å². The Hall–Kier alpha value is -5.62. The summed E-state index contributed by atoms with van der Waals surface area (Å²) in [5.74, 6) is -2.42. The molecule has 0 bridgehead atoms. The minimum Gasteiger partial charge on any atom is -0.542 e. The minimum atomic E-state index is -5.19. The maximum Gasteiger partial charge on any atom is 0.430 e. The number of alkyl halides is 3. The smallest absolute Gasteiger partial charge is 0.430 e. The number of nitrogen functional groups attached to an aromatic ring is 1. The maximum atomic E-state index is 13.6. The van der Waals surface area contributed by atoms with Crippen LogP contribution in [0.25, 0.3) is 10.9 Å². The first-order valence-corrected chi connectivity index (χ1v) is 14.8. The summed E-state index contributed by atoms with van der Waals surface area (Å²) >= 11 is 0. The Morgan fingerprint density at radius 3 is 2.12 bits per heavy atom. The Kier molecular flexibility index (Phi) is 10.9. The number of carboxylic acid groups (broad SMARTS) is 1. The molecule has 0 spiro atoms. The summed E-state index contributed by atoms with van der Waals surface area (Å²) in [6.45, 7) is 1.34. The van der Waals surface area contributed by atoms with Crippen LogP contribution < -0.4 is 25.4 Å². The summed E-state index contributed by atoms with van der Waals surface area (Å²) in [7, 11) is 6.37. The van der Waals surface area contributed by atoms with E-state index in [1.165, 1.54) is 5.69 Å². The number of rotatable bonds is 10. The van der Waals surface area contributed by atoms with Crippen molar-refractivity contribution in [2.45, 2.75) is 25.9 Å². The molecule has 0 saturated heterocycles. The molecular weight excluding hydrogens is 623 g/mol. The first kappa shape index (κ1) is 35.2. The fourth-order valence-electron chi connectivity index (χ4n) is 4.79. The summed E-state index contributed by atoms with van der Waals surface area (Å²) in [4.78, 5) is 22.4. The molecular formula is C36H36F3N5O4. The van der Waals surface area contributed by atoms with Gasteiger partial charge in [0.15, 0.2) is 0 Å². The van der Waals surface area contributed by atoms with E-state index in [1.807, 2.05) is 83.4 Å². The lowest BCUT2D eigenvalue weighted by atomic mass is 10.1. The number of halogens is 3. The second kappa shape index (κ2) is 14.9. The van der Waals surface area contributed by atoms with E-state index in [-0.39, 0.29) is 11.7 Å². The highest BCUT2D eigenvalue weighted by Crippen LogP contribution is 2.27. The molecule has 1 heterocycles. The van der Waals surface area contributed by atoms with Crippen molar-refractivity contribution < 1.29 is 32.6 Å². The van der Waals surface area contributed by atoms with Crippen molar-refractivity contribution in [1.82, 2.24) is 14.4 Å². The van der Waals surface area contributed by atoms with Gasteiger partial charge in [-0.25, -0.2) is 0 Å². The molecule has 0 saturated carbocycles. The molecule has 0 aliphatic carbocycles. The minimum absolute atomic E-state index is 0.0127. The number of aliphatic carboxylic acids is 1. The first-order chi connectivity index (χ1) is 22.6. The van der Waals surface area contributed by atoms with Gasteiger partial charge in [0, 0.05) is 29.6 Å². The monoisotopic (exact) mass is 659 g/mol. The van der Waals surface area contributed by atoms with Gasteiger partial charge in [0.2, 0.25) is 0 Å². The van der Waals surface area contributed by atoms with Gasteiger partial charge in [-0.05, 0) is 59.2 Å². The Morgan fingerprint density at radius 2 is 1.52 bits per heavy atom. The molecule has 0 atom stereocenters. The number of hydrogen-bond donors (Lipinski definition) is 3. The van der Waals surface area contributed by atoms with E-state index in [0.717, 1.165) is 37.8 Å². The maximum absolute atomic E-state index is 13.6. The molecule has 5 aromatic rings. The second-order valence-electron chi connectivity index (χ2n) is 11.9. The van der Waals surface area contributed by atoms with E-state index in [2.05, 4.69) is 50.7 Å². The average molecular weight is 660 g/mol. The highest BCUT2D eigenvalue weighted by atomic mass is 19.4. The molecule has 4 aromatic carbocycles. The number of nitrogens with one attached hydrogen (secondary N) is 2. The van der Waals surface area contributed by atoms with Gasteiger partial charge < -0.3 is 30.3 Å². The van der Waals surface area contributed by atoms with Gasteiger partial charge >= 0.3 is 6.18 Å². The van der Waals surface area contributed by atoms with Gasteiger partial charge in [0.1, 0.15) is 35.5 Å². The number of amides is 1. The molecule has 0 aliphatic rings. The number of aromatic nitrogens is 1. The number of carbonyl (C=O) groups is 2. The third kappa shape index (κ3) is 9.46. The average Bonchev–Trinajstić information content (AvgIpc) is 3.40. The molecule has 1 amide bonds. The number of carboxylic acids is 1. The lowest BCUT2D eigenvalue weighted by molar-refractivity contribution is -0.344. The summed E-state index contributed by atoms with van der Waals surface area (Å²) < 4.78 is 40.3. The summed E-state index contributed by atoms with van der Waals surface area (Å²) in [6.07, 6.45) is -5.19. The molecule has 0 radical (unpaired) electrons. The third-order valence-electron chi connectivity index (χ3n) is 7.33. The third-order valence-corrected chi connectivity index (χ3v) is 7.33. The Labute approximate surface area is 276 Å². The van der Waals surface area contributed by atoms with E-state index < -0.39 is 12.1 Å². The lowest BCUT2D eigenvalue weighted by Crippen LogP contribution is -2.37. The molecule has 48 heavy (non-hydrogen) atoms. The van der Waals surface area contributed by atoms with Gasteiger partial charge in [-0.3, -0.25) is 14.7 Å². The first-order valence-electron chi connectivity index (χ1n) is 14.8. The Bertz CT molecular complexity index is 1900. The molecule has 9 nitrogen and oxygen atoms in total. The number of quaternary nitrogens is 1. The Balaban J connectivity index is 0.000000671. The van der Waals surface area contributed by atoms with Gasteiger partial charge in [0.25, 0.3) is 5.91 Å². The number of ether oxygens (including phenoxy) is 1. The lowest BCUT2D eigenvalue weighted by Gasteiger charge is -2.23.